The molecule has 0 radical (unpaired) electrons. The average molecular weight is 325 g/mol. The maximum absolute atomic E-state index is 12.2. The Morgan fingerprint density at radius 3 is 2.32 bits per heavy atom. The van der Waals surface area contributed by atoms with Gasteiger partial charge in [-0.3, -0.25) is 4.79 Å². The van der Waals surface area contributed by atoms with Gasteiger partial charge in [-0.15, -0.1) is 0 Å². The molecule has 1 amide bonds. The summed E-state index contributed by atoms with van der Waals surface area (Å²) in [6.45, 7) is 3.93. The fourth-order valence-corrected chi connectivity index (χ4v) is 3.53. The van der Waals surface area contributed by atoms with Crippen LogP contribution in [-0.2, 0) is 10.0 Å². The smallest absolute Gasteiger partial charge is 0.251 e. The molecule has 1 saturated carbocycles. The summed E-state index contributed by atoms with van der Waals surface area (Å²) in [6.07, 6.45) is 2.19. The maximum Gasteiger partial charge on any atom is 0.251 e. The van der Waals surface area contributed by atoms with Gasteiger partial charge in [-0.2, -0.15) is 0 Å². The van der Waals surface area contributed by atoms with Crippen LogP contribution in [0, 0.1) is 5.92 Å². The fourth-order valence-electron chi connectivity index (χ4n) is 2.28. The van der Waals surface area contributed by atoms with Gasteiger partial charge in [0.25, 0.3) is 5.91 Å². The Balaban J connectivity index is 2.06. The number of nitrogens with one attached hydrogen (secondary N) is 2. The zero-order chi connectivity index (χ0) is 16.3. The molecule has 0 aromatic heterocycles. The second-order valence-electron chi connectivity index (χ2n) is 5.95. The van der Waals surface area contributed by atoms with Crippen LogP contribution in [-0.4, -0.2) is 33.0 Å². The number of carbonyl (C=O) groups is 1. The van der Waals surface area contributed by atoms with Crippen molar-refractivity contribution in [3.63, 3.8) is 0 Å². The topological polar surface area (TPSA) is 101 Å². The number of benzene rings is 1. The molecule has 122 valence electrons. The van der Waals surface area contributed by atoms with Crippen LogP contribution in [0.2, 0.25) is 0 Å². The second-order valence-corrected chi connectivity index (χ2v) is 7.67. The van der Waals surface area contributed by atoms with Crippen molar-refractivity contribution in [1.82, 2.24) is 10.0 Å². The first kappa shape index (κ1) is 16.9. The quantitative estimate of drug-likeness (QED) is 0.691. The summed E-state index contributed by atoms with van der Waals surface area (Å²) >= 11 is 0. The van der Waals surface area contributed by atoms with Crippen LogP contribution in [0.5, 0.6) is 0 Å². The lowest BCUT2D eigenvalue weighted by molar-refractivity contribution is 0.0933. The van der Waals surface area contributed by atoms with Crippen molar-refractivity contribution in [3.05, 3.63) is 29.8 Å². The number of hydrogen-bond acceptors (Lipinski definition) is 4. The predicted molar refractivity (Wildman–Crippen MR) is 84.9 cm³/mol. The SMILES string of the molecule is CC(C)NS(=O)(=O)c1ccc(C(=O)NC(CN)C2CC2)cc1. The summed E-state index contributed by atoms with van der Waals surface area (Å²) in [5.41, 5.74) is 6.10. The van der Waals surface area contributed by atoms with Crippen molar-refractivity contribution in [2.45, 2.75) is 43.7 Å². The lowest BCUT2D eigenvalue weighted by Gasteiger charge is -2.16. The van der Waals surface area contributed by atoms with E-state index in [2.05, 4.69) is 10.0 Å². The van der Waals surface area contributed by atoms with Crippen LogP contribution in [0.25, 0.3) is 0 Å². The third-order valence-electron chi connectivity index (χ3n) is 3.58. The van der Waals surface area contributed by atoms with Gasteiger partial charge in [0, 0.05) is 24.2 Å². The Bertz CT molecular complexity index is 622. The lowest BCUT2D eigenvalue weighted by Crippen LogP contribution is -2.41. The number of rotatable bonds is 7. The van der Waals surface area contributed by atoms with Crippen molar-refractivity contribution < 1.29 is 13.2 Å². The standard InChI is InChI=1S/C15H23N3O3S/c1-10(2)18-22(20,21)13-7-5-12(6-8-13)15(19)17-14(9-16)11-3-4-11/h5-8,10-11,14,18H,3-4,9,16H2,1-2H3,(H,17,19). The molecular weight excluding hydrogens is 302 g/mol. The number of nitrogens with two attached hydrogens (primary N) is 1. The van der Waals surface area contributed by atoms with Gasteiger partial charge in [0.05, 0.1) is 4.90 Å². The summed E-state index contributed by atoms with van der Waals surface area (Å²) < 4.78 is 26.5. The first-order valence-electron chi connectivity index (χ1n) is 7.47. The molecule has 0 aliphatic heterocycles. The Hall–Kier alpha value is -1.44. The van der Waals surface area contributed by atoms with Crippen LogP contribution < -0.4 is 15.8 Å². The highest BCUT2D eigenvalue weighted by Gasteiger charge is 2.31. The molecule has 1 aliphatic carbocycles. The lowest BCUT2D eigenvalue weighted by atomic mass is 10.1. The van der Waals surface area contributed by atoms with Crippen molar-refractivity contribution in [1.29, 1.82) is 0 Å². The van der Waals surface area contributed by atoms with Crippen LogP contribution in [0.1, 0.15) is 37.0 Å². The van der Waals surface area contributed by atoms with E-state index in [9.17, 15) is 13.2 Å². The van der Waals surface area contributed by atoms with Crippen molar-refractivity contribution in [2.24, 2.45) is 11.7 Å². The molecule has 7 heteroatoms. The summed E-state index contributed by atoms with van der Waals surface area (Å²) in [5.74, 6) is 0.256. The minimum Gasteiger partial charge on any atom is -0.348 e. The first-order chi connectivity index (χ1) is 10.3. The van der Waals surface area contributed by atoms with Gasteiger partial charge in [0.15, 0.2) is 0 Å². The summed E-state index contributed by atoms with van der Waals surface area (Å²) in [6, 6.07) is 5.73. The zero-order valence-corrected chi connectivity index (χ0v) is 13.7. The molecule has 22 heavy (non-hydrogen) atoms. The van der Waals surface area contributed by atoms with Gasteiger partial charge in [0.2, 0.25) is 10.0 Å². The second kappa shape index (κ2) is 6.76. The molecule has 1 aliphatic rings. The Morgan fingerprint density at radius 2 is 1.86 bits per heavy atom. The van der Waals surface area contributed by atoms with Gasteiger partial charge < -0.3 is 11.1 Å². The van der Waals surface area contributed by atoms with E-state index in [4.69, 9.17) is 5.73 Å². The van der Waals surface area contributed by atoms with Crippen LogP contribution in [0.4, 0.5) is 0 Å². The van der Waals surface area contributed by atoms with Crippen molar-refractivity contribution in [3.8, 4) is 0 Å². The maximum atomic E-state index is 12.2. The van der Waals surface area contributed by atoms with Gasteiger partial charge in [0.1, 0.15) is 0 Å². The zero-order valence-electron chi connectivity index (χ0n) is 12.9. The van der Waals surface area contributed by atoms with Crippen molar-refractivity contribution in [2.75, 3.05) is 6.54 Å². The summed E-state index contributed by atoms with van der Waals surface area (Å²) in [4.78, 5) is 12.3. The van der Waals surface area contributed by atoms with E-state index in [1.54, 1.807) is 13.8 Å². The highest BCUT2D eigenvalue weighted by Crippen LogP contribution is 2.32. The summed E-state index contributed by atoms with van der Waals surface area (Å²) in [7, 11) is -3.53. The minimum absolute atomic E-state index is 0.00137. The third kappa shape index (κ3) is 4.28. The predicted octanol–water partition coefficient (Wildman–Crippen LogP) is 0.840. The molecule has 1 unspecified atom stereocenters. The normalized spacial score (nSPS) is 16.5. The summed E-state index contributed by atoms with van der Waals surface area (Å²) in [5, 5.41) is 2.91. The van der Waals surface area contributed by atoms with E-state index in [1.165, 1.54) is 24.3 Å². The van der Waals surface area contributed by atoms with Crippen LogP contribution in [0.15, 0.2) is 29.2 Å². The highest BCUT2D eigenvalue weighted by molar-refractivity contribution is 7.89. The molecular formula is C15H23N3O3S. The molecule has 0 saturated heterocycles. The molecule has 1 atom stereocenters. The van der Waals surface area contributed by atoms with E-state index < -0.39 is 10.0 Å². The van der Waals surface area contributed by atoms with E-state index in [0.29, 0.717) is 18.0 Å². The molecule has 1 aromatic rings. The molecule has 1 fully saturated rings. The molecule has 4 N–H and O–H groups in total. The molecule has 0 spiro atoms. The average Bonchev–Trinajstić information content (AvgIpc) is 3.28. The van der Waals surface area contributed by atoms with E-state index >= 15 is 0 Å². The van der Waals surface area contributed by atoms with E-state index in [1.807, 2.05) is 0 Å². The molecule has 0 heterocycles. The first-order valence-corrected chi connectivity index (χ1v) is 8.95. The highest BCUT2D eigenvalue weighted by atomic mass is 32.2. The van der Waals surface area contributed by atoms with Crippen molar-refractivity contribution >= 4 is 15.9 Å². The third-order valence-corrected chi connectivity index (χ3v) is 5.25. The fraction of sp³-hybridized carbons (Fsp3) is 0.533. The van der Waals surface area contributed by atoms with Crippen LogP contribution in [0.3, 0.4) is 0 Å². The monoisotopic (exact) mass is 325 g/mol. The molecule has 1 aromatic carbocycles. The Kier molecular flexibility index (Phi) is 5.20. The van der Waals surface area contributed by atoms with Crippen LogP contribution >= 0.6 is 0 Å². The number of carbonyl (C=O) groups excluding carboxylic acids is 1. The van der Waals surface area contributed by atoms with Gasteiger partial charge >= 0.3 is 0 Å². The number of amides is 1. The number of sulfonamides is 1. The minimum atomic E-state index is -3.53. The molecule has 0 bridgehead atoms. The van der Waals surface area contributed by atoms with Gasteiger partial charge in [-0.05, 0) is 56.9 Å². The molecule has 2 rings (SSSR count). The van der Waals surface area contributed by atoms with Gasteiger partial charge in [-0.1, -0.05) is 0 Å². The van der Waals surface area contributed by atoms with Gasteiger partial charge in [-0.25, -0.2) is 13.1 Å². The largest absolute Gasteiger partial charge is 0.348 e. The number of hydrogen-bond donors (Lipinski definition) is 3. The Labute approximate surface area is 131 Å². The Morgan fingerprint density at radius 1 is 1.27 bits per heavy atom. The van der Waals surface area contributed by atoms with E-state index in [-0.39, 0.29) is 22.9 Å². The molecule has 6 nitrogen and oxygen atoms in total. The van der Waals surface area contributed by atoms with E-state index in [0.717, 1.165) is 12.8 Å².